The van der Waals surface area contributed by atoms with Crippen molar-refractivity contribution in [3.63, 3.8) is 0 Å². The van der Waals surface area contributed by atoms with Crippen LogP contribution >= 0.6 is 0 Å². The lowest BCUT2D eigenvalue weighted by atomic mass is 10.0. The Hall–Kier alpha value is -1.35. The summed E-state index contributed by atoms with van der Waals surface area (Å²) in [5.41, 5.74) is 7.61. The lowest BCUT2D eigenvalue weighted by molar-refractivity contribution is 0.0943. The highest BCUT2D eigenvalue weighted by atomic mass is 16.1. The maximum Gasteiger partial charge on any atom is 0.251 e. The monoisotopic (exact) mass is 246 g/mol. The third-order valence-corrected chi connectivity index (χ3v) is 4.75. The maximum absolute atomic E-state index is 12.1. The fourth-order valence-electron chi connectivity index (χ4n) is 2.56. The number of benzene rings is 1. The van der Waals surface area contributed by atoms with Crippen LogP contribution in [0.5, 0.6) is 0 Å². The van der Waals surface area contributed by atoms with E-state index in [2.05, 4.69) is 33.0 Å². The normalized spacial score (nSPS) is 20.5. The maximum atomic E-state index is 12.1. The summed E-state index contributed by atoms with van der Waals surface area (Å²) in [6.07, 6.45) is 0. The molecular formula is C15H22N2O. The molecule has 0 atom stereocenters. The van der Waals surface area contributed by atoms with E-state index in [-0.39, 0.29) is 22.8 Å². The Morgan fingerprint density at radius 2 is 1.67 bits per heavy atom. The fraction of sp³-hybridized carbons (Fsp3) is 0.533. The van der Waals surface area contributed by atoms with E-state index < -0.39 is 0 Å². The highest BCUT2D eigenvalue weighted by Gasteiger charge is 2.65. The molecule has 18 heavy (non-hydrogen) atoms. The van der Waals surface area contributed by atoms with Crippen LogP contribution in [0.15, 0.2) is 24.3 Å². The van der Waals surface area contributed by atoms with Crippen LogP contribution in [-0.2, 0) is 6.54 Å². The van der Waals surface area contributed by atoms with Crippen molar-refractivity contribution in [2.45, 2.75) is 40.3 Å². The Morgan fingerprint density at radius 3 is 2.06 bits per heavy atom. The van der Waals surface area contributed by atoms with Crippen molar-refractivity contribution in [3.8, 4) is 0 Å². The second kappa shape index (κ2) is 4.09. The lowest BCUT2D eigenvalue weighted by Gasteiger charge is -2.07. The summed E-state index contributed by atoms with van der Waals surface area (Å²) in [5.74, 6) is 0.00206. The number of carbonyl (C=O) groups is 1. The van der Waals surface area contributed by atoms with Gasteiger partial charge in [-0.25, -0.2) is 0 Å². The van der Waals surface area contributed by atoms with Crippen LogP contribution in [0.3, 0.4) is 0 Å². The van der Waals surface area contributed by atoms with Crippen molar-refractivity contribution in [1.29, 1.82) is 0 Å². The molecule has 0 spiro atoms. The van der Waals surface area contributed by atoms with Gasteiger partial charge >= 0.3 is 0 Å². The number of hydrogen-bond donors (Lipinski definition) is 2. The quantitative estimate of drug-likeness (QED) is 0.860. The molecule has 0 bridgehead atoms. The van der Waals surface area contributed by atoms with Crippen LogP contribution in [0, 0.1) is 10.8 Å². The first-order valence-electron chi connectivity index (χ1n) is 6.40. The first kappa shape index (κ1) is 13.1. The van der Waals surface area contributed by atoms with E-state index in [1.54, 1.807) is 0 Å². The molecule has 0 heterocycles. The molecule has 98 valence electrons. The summed E-state index contributed by atoms with van der Waals surface area (Å²) < 4.78 is 0. The summed E-state index contributed by atoms with van der Waals surface area (Å²) in [7, 11) is 0. The van der Waals surface area contributed by atoms with Crippen LogP contribution in [-0.4, -0.2) is 11.9 Å². The molecule has 1 saturated carbocycles. The van der Waals surface area contributed by atoms with Crippen LogP contribution in [0.4, 0.5) is 0 Å². The number of hydrogen-bond acceptors (Lipinski definition) is 2. The van der Waals surface area contributed by atoms with Crippen LogP contribution in [0.2, 0.25) is 0 Å². The van der Waals surface area contributed by atoms with Gasteiger partial charge < -0.3 is 11.1 Å². The van der Waals surface area contributed by atoms with Crippen molar-refractivity contribution in [2.75, 3.05) is 0 Å². The van der Waals surface area contributed by atoms with Crippen LogP contribution < -0.4 is 11.1 Å². The molecule has 1 aromatic carbocycles. The van der Waals surface area contributed by atoms with Crippen molar-refractivity contribution < 1.29 is 4.79 Å². The molecule has 3 N–H and O–H groups in total. The molecule has 1 aliphatic rings. The summed E-state index contributed by atoms with van der Waals surface area (Å²) in [4.78, 5) is 12.1. The van der Waals surface area contributed by atoms with Gasteiger partial charge in [0.15, 0.2) is 0 Å². The van der Waals surface area contributed by atoms with Crippen molar-refractivity contribution in [1.82, 2.24) is 5.32 Å². The van der Waals surface area contributed by atoms with Gasteiger partial charge in [0.2, 0.25) is 0 Å². The van der Waals surface area contributed by atoms with Gasteiger partial charge in [0.05, 0.1) is 0 Å². The predicted molar refractivity (Wildman–Crippen MR) is 73.1 cm³/mol. The van der Waals surface area contributed by atoms with Gasteiger partial charge in [-0.15, -0.1) is 0 Å². The average Bonchev–Trinajstić information content (AvgIpc) is 2.72. The van der Waals surface area contributed by atoms with E-state index in [1.807, 2.05) is 24.3 Å². The molecule has 1 fully saturated rings. The minimum Gasteiger partial charge on any atom is -0.348 e. The van der Waals surface area contributed by atoms with Gasteiger partial charge in [0.1, 0.15) is 0 Å². The first-order chi connectivity index (χ1) is 8.30. The number of nitrogens with two attached hydrogens (primary N) is 1. The number of nitrogens with one attached hydrogen (secondary N) is 1. The molecule has 1 amide bonds. The second-order valence-electron chi connectivity index (χ2n) is 6.25. The van der Waals surface area contributed by atoms with E-state index in [1.165, 1.54) is 0 Å². The SMILES string of the molecule is CC1(C)C(NC(=O)c2ccc(CN)cc2)C1(C)C. The molecule has 0 aliphatic heterocycles. The first-order valence-corrected chi connectivity index (χ1v) is 6.40. The number of carbonyl (C=O) groups excluding carboxylic acids is 1. The Morgan fingerprint density at radius 1 is 1.17 bits per heavy atom. The van der Waals surface area contributed by atoms with Gasteiger partial charge in [-0.2, -0.15) is 0 Å². The topological polar surface area (TPSA) is 55.1 Å². The van der Waals surface area contributed by atoms with Gasteiger partial charge in [-0.1, -0.05) is 39.8 Å². The van der Waals surface area contributed by atoms with Gasteiger partial charge in [0.25, 0.3) is 5.91 Å². The van der Waals surface area contributed by atoms with Crippen LogP contribution in [0.25, 0.3) is 0 Å². The van der Waals surface area contributed by atoms with Crippen molar-refractivity contribution in [2.24, 2.45) is 16.6 Å². The Labute approximate surface area is 109 Å². The molecule has 1 aromatic rings. The summed E-state index contributed by atoms with van der Waals surface area (Å²) >= 11 is 0. The van der Waals surface area contributed by atoms with Gasteiger partial charge in [-0.05, 0) is 28.5 Å². The largest absolute Gasteiger partial charge is 0.348 e. The van der Waals surface area contributed by atoms with E-state index >= 15 is 0 Å². The van der Waals surface area contributed by atoms with Crippen molar-refractivity contribution >= 4 is 5.91 Å². The van der Waals surface area contributed by atoms with Crippen molar-refractivity contribution in [3.05, 3.63) is 35.4 Å². The van der Waals surface area contributed by atoms with Crippen LogP contribution in [0.1, 0.15) is 43.6 Å². The predicted octanol–water partition coefficient (Wildman–Crippen LogP) is 2.31. The zero-order valence-electron chi connectivity index (χ0n) is 11.6. The second-order valence-corrected chi connectivity index (χ2v) is 6.25. The molecule has 0 aromatic heterocycles. The summed E-state index contributed by atoms with van der Waals surface area (Å²) in [6, 6.07) is 7.71. The molecule has 0 radical (unpaired) electrons. The van der Waals surface area contributed by atoms with E-state index in [0.717, 1.165) is 5.56 Å². The average molecular weight is 246 g/mol. The minimum atomic E-state index is 0.00206. The third kappa shape index (κ3) is 1.93. The lowest BCUT2D eigenvalue weighted by Crippen LogP contribution is -2.29. The molecule has 3 heteroatoms. The zero-order chi connectivity index (χ0) is 13.6. The van der Waals surface area contributed by atoms with Gasteiger partial charge in [-0.3, -0.25) is 4.79 Å². The molecular weight excluding hydrogens is 224 g/mol. The number of rotatable bonds is 3. The fourth-order valence-corrected chi connectivity index (χ4v) is 2.56. The smallest absolute Gasteiger partial charge is 0.251 e. The molecule has 3 nitrogen and oxygen atoms in total. The number of amides is 1. The Balaban J connectivity index is 2.05. The standard InChI is InChI=1S/C15H22N2O/c1-14(2)13(15(14,3)4)17-12(18)11-7-5-10(9-16)6-8-11/h5-8,13H,9,16H2,1-4H3,(H,17,18). The van der Waals surface area contributed by atoms with Gasteiger partial charge in [0, 0.05) is 18.2 Å². The summed E-state index contributed by atoms with van der Waals surface area (Å²) in [6.45, 7) is 9.26. The molecule has 0 unspecified atom stereocenters. The minimum absolute atomic E-state index is 0.00206. The summed E-state index contributed by atoms with van der Waals surface area (Å²) in [5, 5.41) is 3.12. The highest BCUT2D eigenvalue weighted by molar-refractivity contribution is 5.94. The molecule has 2 rings (SSSR count). The third-order valence-electron chi connectivity index (χ3n) is 4.75. The zero-order valence-corrected chi connectivity index (χ0v) is 11.6. The molecule has 1 aliphatic carbocycles. The van der Waals surface area contributed by atoms with E-state index in [4.69, 9.17) is 5.73 Å². The highest BCUT2D eigenvalue weighted by Crippen LogP contribution is 2.62. The van der Waals surface area contributed by atoms with E-state index in [9.17, 15) is 4.79 Å². The Bertz CT molecular complexity index is 446. The van der Waals surface area contributed by atoms with E-state index in [0.29, 0.717) is 12.1 Å². The Kier molecular flexibility index (Phi) is 2.98. The molecule has 0 saturated heterocycles.